The molecule has 2 rings (SSSR count). The molecular weight excluding hydrogens is 286 g/mol. The Labute approximate surface area is 107 Å². The van der Waals surface area contributed by atoms with Crippen molar-refractivity contribution in [2.75, 3.05) is 0 Å². The second kappa shape index (κ2) is 4.99. The lowest BCUT2D eigenvalue weighted by atomic mass is 10.1. The average Bonchev–Trinajstić information content (AvgIpc) is 2.68. The van der Waals surface area contributed by atoms with Gasteiger partial charge in [-0.25, -0.2) is 0 Å². The van der Waals surface area contributed by atoms with Crippen molar-refractivity contribution in [3.05, 3.63) is 50.6 Å². The number of rotatable bonds is 3. The molecule has 2 nitrogen and oxygen atoms in total. The van der Waals surface area contributed by atoms with Gasteiger partial charge in [0.2, 0.25) is 0 Å². The number of halogens is 1. The van der Waals surface area contributed by atoms with Crippen LogP contribution in [0.3, 0.4) is 0 Å². The van der Waals surface area contributed by atoms with Crippen LogP contribution < -0.4 is 5.73 Å². The molecule has 0 fully saturated rings. The van der Waals surface area contributed by atoms with Gasteiger partial charge >= 0.3 is 0 Å². The summed E-state index contributed by atoms with van der Waals surface area (Å²) in [5.74, 6) is 0.288. The quantitative estimate of drug-likeness (QED) is 0.911. The summed E-state index contributed by atoms with van der Waals surface area (Å²) in [6.07, 6.45) is 0.785. The number of nitrogens with two attached hydrogens (primary N) is 1. The van der Waals surface area contributed by atoms with Gasteiger partial charge in [0.15, 0.2) is 0 Å². The van der Waals surface area contributed by atoms with Crippen LogP contribution in [0.4, 0.5) is 0 Å². The maximum atomic E-state index is 9.18. The van der Waals surface area contributed by atoms with Crippen molar-refractivity contribution < 1.29 is 5.11 Å². The summed E-state index contributed by atoms with van der Waals surface area (Å²) in [5.41, 5.74) is 7.24. The molecule has 1 atom stereocenters. The lowest BCUT2D eigenvalue weighted by Crippen LogP contribution is -2.11. The highest BCUT2D eigenvalue weighted by molar-refractivity contribution is 9.10. The first-order valence-electron chi connectivity index (χ1n) is 4.92. The molecule has 0 aliphatic rings. The number of aromatic hydroxyl groups is 1. The monoisotopic (exact) mass is 297 g/mol. The molecule has 1 aromatic heterocycles. The first kappa shape index (κ1) is 11.6. The van der Waals surface area contributed by atoms with E-state index in [1.165, 1.54) is 4.88 Å². The summed E-state index contributed by atoms with van der Waals surface area (Å²) in [6.45, 7) is 0. The minimum absolute atomic E-state index is 0.0147. The largest absolute Gasteiger partial charge is 0.508 e. The number of thiophene rings is 1. The Kier molecular flexibility index (Phi) is 3.63. The van der Waals surface area contributed by atoms with Crippen molar-refractivity contribution in [3.8, 4) is 5.75 Å². The van der Waals surface area contributed by atoms with Crippen molar-refractivity contribution in [2.24, 2.45) is 5.73 Å². The first-order chi connectivity index (χ1) is 7.65. The maximum absolute atomic E-state index is 9.18. The highest BCUT2D eigenvalue weighted by Gasteiger charge is 2.09. The molecule has 16 heavy (non-hydrogen) atoms. The van der Waals surface area contributed by atoms with Crippen molar-refractivity contribution in [2.45, 2.75) is 12.5 Å². The predicted octanol–water partition coefficient (Wildman–Crippen LogP) is 3.46. The molecule has 1 unspecified atom stereocenters. The molecule has 0 radical (unpaired) electrons. The average molecular weight is 298 g/mol. The molecule has 4 heteroatoms. The van der Waals surface area contributed by atoms with Gasteiger partial charge in [0, 0.05) is 20.8 Å². The second-order valence-corrected chi connectivity index (χ2v) is 5.50. The highest BCUT2D eigenvalue weighted by atomic mass is 79.9. The fourth-order valence-electron chi connectivity index (χ4n) is 1.51. The van der Waals surface area contributed by atoms with E-state index in [9.17, 15) is 5.11 Å². The molecule has 0 saturated heterocycles. The Morgan fingerprint density at radius 3 is 2.56 bits per heavy atom. The molecule has 0 spiro atoms. The highest BCUT2D eigenvalue weighted by Crippen LogP contribution is 2.26. The van der Waals surface area contributed by atoms with Gasteiger partial charge in [-0.05, 0) is 46.1 Å². The molecule has 1 heterocycles. The van der Waals surface area contributed by atoms with Crippen LogP contribution in [-0.4, -0.2) is 5.11 Å². The summed E-state index contributed by atoms with van der Waals surface area (Å²) < 4.78 is 1.08. The first-order valence-corrected chi connectivity index (χ1v) is 6.60. The second-order valence-electron chi connectivity index (χ2n) is 3.64. The van der Waals surface area contributed by atoms with Crippen LogP contribution in [0.15, 0.2) is 40.2 Å². The van der Waals surface area contributed by atoms with E-state index >= 15 is 0 Å². The normalized spacial score (nSPS) is 12.6. The van der Waals surface area contributed by atoms with Crippen molar-refractivity contribution >= 4 is 27.3 Å². The van der Waals surface area contributed by atoms with Crippen molar-refractivity contribution in [1.82, 2.24) is 0 Å². The summed E-state index contributed by atoms with van der Waals surface area (Å²) in [6, 6.07) is 9.24. The van der Waals surface area contributed by atoms with E-state index in [1.807, 2.05) is 17.5 Å². The number of phenols is 1. The van der Waals surface area contributed by atoms with E-state index in [4.69, 9.17) is 5.73 Å². The zero-order valence-electron chi connectivity index (χ0n) is 8.56. The fraction of sp³-hybridized carbons (Fsp3) is 0.167. The number of phenolic OH excluding ortho intramolecular Hbond substituents is 1. The third-order valence-corrected chi connectivity index (χ3v) is 4.17. The molecule has 0 aliphatic carbocycles. The van der Waals surface area contributed by atoms with Crippen LogP contribution >= 0.6 is 27.3 Å². The predicted molar refractivity (Wildman–Crippen MR) is 70.8 cm³/mol. The standard InChI is InChI=1S/C12H12BrNOS/c13-9-6-12(16-7-9)11(14)5-8-1-3-10(15)4-2-8/h1-4,6-7,11,15H,5,14H2. The van der Waals surface area contributed by atoms with E-state index in [0.29, 0.717) is 0 Å². The van der Waals surface area contributed by atoms with Gasteiger partial charge in [-0.3, -0.25) is 0 Å². The van der Waals surface area contributed by atoms with Gasteiger partial charge in [0.1, 0.15) is 5.75 Å². The van der Waals surface area contributed by atoms with Crippen molar-refractivity contribution in [3.63, 3.8) is 0 Å². The van der Waals surface area contributed by atoms with Crippen LogP contribution in [-0.2, 0) is 6.42 Å². The lowest BCUT2D eigenvalue weighted by Gasteiger charge is -2.09. The van der Waals surface area contributed by atoms with Crippen LogP contribution in [0.1, 0.15) is 16.5 Å². The van der Waals surface area contributed by atoms with Crippen LogP contribution in [0.5, 0.6) is 5.75 Å². The molecular formula is C12H12BrNOS. The van der Waals surface area contributed by atoms with Gasteiger partial charge in [-0.15, -0.1) is 11.3 Å². The Hall–Kier alpha value is -0.840. The van der Waals surface area contributed by atoms with E-state index in [2.05, 4.69) is 22.0 Å². The molecule has 84 valence electrons. The smallest absolute Gasteiger partial charge is 0.115 e. The summed E-state index contributed by atoms with van der Waals surface area (Å²) in [7, 11) is 0. The van der Waals surface area contributed by atoms with Gasteiger partial charge in [0.05, 0.1) is 0 Å². The topological polar surface area (TPSA) is 46.2 Å². The molecule has 0 saturated carbocycles. The minimum Gasteiger partial charge on any atom is -0.508 e. The Morgan fingerprint density at radius 1 is 1.31 bits per heavy atom. The zero-order chi connectivity index (χ0) is 11.5. The van der Waals surface area contributed by atoms with Gasteiger partial charge < -0.3 is 10.8 Å². The van der Waals surface area contributed by atoms with E-state index in [0.717, 1.165) is 16.5 Å². The molecule has 1 aromatic carbocycles. The Bertz CT molecular complexity index is 466. The van der Waals surface area contributed by atoms with Crippen LogP contribution in [0.25, 0.3) is 0 Å². The van der Waals surface area contributed by atoms with Gasteiger partial charge in [-0.2, -0.15) is 0 Å². The Balaban J connectivity index is 2.07. The SMILES string of the molecule is NC(Cc1ccc(O)cc1)c1cc(Br)cs1. The molecule has 0 bridgehead atoms. The third kappa shape index (κ3) is 2.84. The van der Waals surface area contributed by atoms with E-state index < -0.39 is 0 Å². The van der Waals surface area contributed by atoms with Crippen LogP contribution in [0.2, 0.25) is 0 Å². The number of hydrogen-bond donors (Lipinski definition) is 2. The molecule has 0 aliphatic heterocycles. The van der Waals surface area contributed by atoms with Crippen LogP contribution in [0, 0.1) is 0 Å². The van der Waals surface area contributed by atoms with Gasteiger partial charge in [0.25, 0.3) is 0 Å². The minimum atomic E-state index is 0.0147. The summed E-state index contributed by atoms with van der Waals surface area (Å²) in [5, 5.41) is 11.2. The third-order valence-electron chi connectivity index (χ3n) is 2.35. The zero-order valence-corrected chi connectivity index (χ0v) is 11.0. The Morgan fingerprint density at radius 2 is 2.00 bits per heavy atom. The summed E-state index contributed by atoms with van der Waals surface area (Å²) in [4.78, 5) is 1.17. The fourth-order valence-corrected chi connectivity index (χ4v) is 2.96. The molecule has 0 amide bonds. The van der Waals surface area contributed by atoms with E-state index in [1.54, 1.807) is 23.5 Å². The molecule has 3 N–H and O–H groups in total. The number of benzene rings is 1. The lowest BCUT2D eigenvalue weighted by molar-refractivity contribution is 0.475. The molecule has 2 aromatic rings. The van der Waals surface area contributed by atoms with Gasteiger partial charge in [-0.1, -0.05) is 12.1 Å². The summed E-state index contributed by atoms with van der Waals surface area (Å²) >= 11 is 5.08. The van der Waals surface area contributed by atoms with E-state index in [-0.39, 0.29) is 11.8 Å². The van der Waals surface area contributed by atoms with Crippen molar-refractivity contribution in [1.29, 1.82) is 0 Å². The maximum Gasteiger partial charge on any atom is 0.115 e. The number of hydrogen-bond acceptors (Lipinski definition) is 3.